The molecule has 0 aromatic carbocycles. The van der Waals surface area contributed by atoms with Gasteiger partial charge in [0.05, 0.1) is 29.0 Å². The molecule has 0 saturated carbocycles. The van der Waals surface area contributed by atoms with E-state index in [9.17, 15) is 5.26 Å². The van der Waals surface area contributed by atoms with Crippen LogP contribution in [-0.2, 0) is 0 Å². The average Bonchev–Trinajstić information content (AvgIpc) is 3.27. The van der Waals surface area contributed by atoms with Gasteiger partial charge in [-0.2, -0.15) is 10.4 Å². The Morgan fingerprint density at radius 2 is 2.19 bits per heavy atom. The summed E-state index contributed by atoms with van der Waals surface area (Å²) in [5, 5.41) is 17.1. The van der Waals surface area contributed by atoms with E-state index in [2.05, 4.69) is 21.1 Å². The van der Waals surface area contributed by atoms with Gasteiger partial charge in [0.1, 0.15) is 11.3 Å². The molecule has 0 amide bonds. The zero-order chi connectivity index (χ0) is 18.4. The van der Waals surface area contributed by atoms with Gasteiger partial charge in [-0.15, -0.1) is 0 Å². The first-order chi connectivity index (χ1) is 13.2. The minimum Gasteiger partial charge on any atom is -0.315 e. The molecule has 1 saturated heterocycles. The molecule has 1 atom stereocenters. The minimum absolute atomic E-state index is 0.376. The van der Waals surface area contributed by atoms with Crippen molar-refractivity contribution in [2.24, 2.45) is 0 Å². The topological polar surface area (TPSA) is 83.8 Å². The number of aryl methyl sites for hydroxylation is 1. The summed E-state index contributed by atoms with van der Waals surface area (Å²) in [6.07, 6.45) is 5.90. The van der Waals surface area contributed by atoms with Gasteiger partial charge in [-0.05, 0) is 50.6 Å². The molecule has 7 nitrogen and oxygen atoms in total. The van der Waals surface area contributed by atoms with Crippen LogP contribution in [0.4, 0.5) is 0 Å². The van der Waals surface area contributed by atoms with E-state index in [0.29, 0.717) is 11.6 Å². The smallest absolute Gasteiger partial charge is 0.160 e. The van der Waals surface area contributed by atoms with E-state index in [1.54, 1.807) is 23.0 Å². The number of fused-ring (bicyclic) bond motifs is 2. The first kappa shape index (κ1) is 16.0. The van der Waals surface area contributed by atoms with Crippen LogP contribution in [0.2, 0.25) is 0 Å². The largest absolute Gasteiger partial charge is 0.315 e. The molecular formula is C20H19N7. The molecule has 1 aliphatic rings. The fraction of sp³-hybridized carbons (Fsp3) is 0.300. The Morgan fingerprint density at radius 3 is 3.00 bits per heavy atom. The van der Waals surface area contributed by atoms with E-state index in [1.165, 1.54) is 0 Å². The van der Waals surface area contributed by atoms with Crippen molar-refractivity contribution in [3.63, 3.8) is 0 Å². The number of piperidine rings is 1. The van der Waals surface area contributed by atoms with Crippen molar-refractivity contribution >= 4 is 16.7 Å². The SMILES string of the molecule is Cc1nc2ccc(-c3cnn4ccc(C#N)cc34)nc2n1[C@H]1CCCNC1. The molecule has 0 unspecified atom stereocenters. The molecule has 4 aromatic heterocycles. The number of nitriles is 1. The van der Waals surface area contributed by atoms with Crippen LogP contribution in [-0.4, -0.2) is 37.2 Å². The molecule has 134 valence electrons. The number of hydrogen-bond donors (Lipinski definition) is 1. The van der Waals surface area contributed by atoms with Crippen LogP contribution in [0.1, 0.15) is 30.3 Å². The Balaban J connectivity index is 1.68. The maximum absolute atomic E-state index is 9.21. The van der Waals surface area contributed by atoms with Gasteiger partial charge < -0.3 is 9.88 Å². The summed E-state index contributed by atoms with van der Waals surface area (Å²) >= 11 is 0. The van der Waals surface area contributed by atoms with Crippen LogP contribution in [0, 0.1) is 18.3 Å². The van der Waals surface area contributed by atoms with E-state index >= 15 is 0 Å². The Bertz CT molecular complexity index is 1190. The Kier molecular flexibility index (Phi) is 3.66. The highest BCUT2D eigenvalue weighted by Gasteiger charge is 2.21. The summed E-state index contributed by atoms with van der Waals surface area (Å²) in [7, 11) is 0. The molecule has 0 spiro atoms. The quantitative estimate of drug-likeness (QED) is 0.596. The highest BCUT2D eigenvalue weighted by molar-refractivity contribution is 5.83. The monoisotopic (exact) mass is 357 g/mol. The van der Waals surface area contributed by atoms with Crippen molar-refractivity contribution in [1.82, 2.24) is 29.5 Å². The maximum atomic E-state index is 9.21. The predicted molar refractivity (Wildman–Crippen MR) is 102 cm³/mol. The van der Waals surface area contributed by atoms with Gasteiger partial charge in [-0.1, -0.05) is 0 Å². The van der Waals surface area contributed by atoms with Gasteiger partial charge in [0.15, 0.2) is 5.65 Å². The standard InChI is InChI=1S/C20H19N7/c1-13-24-18-5-4-17(25-20(18)27(13)15-3-2-7-22-11-15)16-12-23-26-8-6-14(10-21)9-19(16)26/h4-6,8-9,12,15,22H,2-3,7,11H2,1H3/t15-/m0/s1. The Morgan fingerprint density at radius 1 is 1.26 bits per heavy atom. The molecule has 27 heavy (non-hydrogen) atoms. The summed E-state index contributed by atoms with van der Waals surface area (Å²) in [6.45, 7) is 4.06. The van der Waals surface area contributed by atoms with Gasteiger partial charge in [0.2, 0.25) is 0 Å². The third-order valence-electron chi connectivity index (χ3n) is 5.28. The minimum atomic E-state index is 0.376. The fourth-order valence-corrected chi connectivity index (χ4v) is 3.98. The molecule has 1 fully saturated rings. The van der Waals surface area contributed by atoms with E-state index in [-0.39, 0.29) is 0 Å². The molecule has 4 aromatic rings. The van der Waals surface area contributed by atoms with E-state index < -0.39 is 0 Å². The van der Waals surface area contributed by atoms with Crippen LogP contribution in [0.5, 0.6) is 0 Å². The van der Waals surface area contributed by atoms with Crippen molar-refractivity contribution in [1.29, 1.82) is 5.26 Å². The molecule has 5 heterocycles. The normalized spacial score (nSPS) is 17.4. The maximum Gasteiger partial charge on any atom is 0.160 e. The average molecular weight is 357 g/mol. The van der Waals surface area contributed by atoms with E-state index in [0.717, 1.165) is 59.7 Å². The second kappa shape index (κ2) is 6.18. The number of nitrogens with zero attached hydrogens (tertiary/aromatic N) is 6. The molecule has 1 N–H and O–H groups in total. The Hall–Kier alpha value is -3.24. The number of aromatic nitrogens is 5. The molecule has 1 aliphatic heterocycles. The number of imidazole rings is 1. The van der Waals surface area contributed by atoms with Crippen molar-refractivity contribution < 1.29 is 0 Å². The lowest BCUT2D eigenvalue weighted by Crippen LogP contribution is -2.32. The lowest BCUT2D eigenvalue weighted by Gasteiger charge is -2.25. The molecule has 5 rings (SSSR count). The first-order valence-corrected chi connectivity index (χ1v) is 9.19. The zero-order valence-corrected chi connectivity index (χ0v) is 15.1. The summed E-state index contributed by atoms with van der Waals surface area (Å²) in [6, 6.07) is 10.2. The second-order valence-electron chi connectivity index (χ2n) is 6.98. The fourth-order valence-electron chi connectivity index (χ4n) is 3.98. The van der Waals surface area contributed by atoms with Gasteiger partial charge in [-0.25, -0.2) is 14.5 Å². The molecule has 0 bridgehead atoms. The summed E-state index contributed by atoms with van der Waals surface area (Å²) in [4.78, 5) is 9.66. The van der Waals surface area contributed by atoms with E-state index in [4.69, 9.17) is 9.97 Å². The summed E-state index contributed by atoms with van der Waals surface area (Å²) in [5.41, 5.74) is 5.08. The van der Waals surface area contributed by atoms with E-state index in [1.807, 2.05) is 25.1 Å². The number of pyridine rings is 2. The van der Waals surface area contributed by atoms with Gasteiger partial charge in [-0.3, -0.25) is 0 Å². The number of rotatable bonds is 2. The van der Waals surface area contributed by atoms with Crippen molar-refractivity contribution in [3.05, 3.63) is 48.0 Å². The highest BCUT2D eigenvalue weighted by Crippen LogP contribution is 2.28. The number of hydrogen-bond acceptors (Lipinski definition) is 5. The Labute approximate surface area is 156 Å². The first-order valence-electron chi connectivity index (χ1n) is 9.19. The van der Waals surface area contributed by atoms with Gasteiger partial charge in [0, 0.05) is 24.3 Å². The van der Waals surface area contributed by atoms with Crippen molar-refractivity contribution in [2.45, 2.75) is 25.8 Å². The molecule has 0 aliphatic carbocycles. The molecule has 7 heteroatoms. The lowest BCUT2D eigenvalue weighted by molar-refractivity contribution is 0.372. The predicted octanol–water partition coefficient (Wildman–Crippen LogP) is 2.85. The van der Waals surface area contributed by atoms with Crippen molar-refractivity contribution in [2.75, 3.05) is 13.1 Å². The molecule has 0 radical (unpaired) electrons. The third kappa shape index (κ3) is 2.57. The molecular weight excluding hydrogens is 338 g/mol. The highest BCUT2D eigenvalue weighted by atomic mass is 15.2. The van der Waals surface area contributed by atoms with Crippen molar-refractivity contribution in [3.8, 4) is 17.3 Å². The van der Waals surface area contributed by atoms with Crippen LogP contribution < -0.4 is 5.32 Å². The van der Waals surface area contributed by atoms with Crippen LogP contribution in [0.25, 0.3) is 27.9 Å². The van der Waals surface area contributed by atoms with Crippen LogP contribution >= 0.6 is 0 Å². The zero-order valence-electron chi connectivity index (χ0n) is 15.1. The van der Waals surface area contributed by atoms with Gasteiger partial charge >= 0.3 is 0 Å². The lowest BCUT2D eigenvalue weighted by atomic mass is 10.1. The van der Waals surface area contributed by atoms with Crippen LogP contribution in [0.3, 0.4) is 0 Å². The summed E-state index contributed by atoms with van der Waals surface area (Å²) in [5.74, 6) is 0.995. The van der Waals surface area contributed by atoms with Gasteiger partial charge in [0.25, 0.3) is 0 Å². The second-order valence-corrected chi connectivity index (χ2v) is 6.98. The third-order valence-corrected chi connectivity index (χ3v) is 5.28. The summed E-state index contributed by atoms with van der Waals surface area (Å²) < 4.78 is 4.03. The number of nitrogens with one attached hydrogen (secondary N) is 1. The van der Waals surface area contributed by atoms with Crippen LogP contribution in [0.15, 0.2) is 36.7 Å².